The molecule has 0 spiro atoms. The number of aromatic nitrogens is 2. The van der Waals surface area contributed by atoms with E-state index in [0.29, 0.717) is 25.3 Å². The van der Waals surface area contributed by atoms with Crippen molar-refractivity contribution >= 4 is 5.91 Å². The summed E-state index contributed by atoms with van der Waals surface area (Å²) >= 11 is 0. The Hall–Kier alpha value is -2.18. The fraction of sp³-hybridized carbons (Fsp3) is 0.474. The highest BCUT2D eigenvalue weighted by Crippen LogP contribution is 2.31. The van der Waals surface area contributed by atoms with Gasteiger partial charge in [-0.25, -0.2) is 0 Å². The summed E-state index contributed by atoms with van der Waals surface area (Å²) in [6.07, 6.45) is 3.10. The minimum atomic E-state index is -0.282. The lowest BCUT2D eigenvalue weighted by atomic mass is 9.80. The van der Waals surface area contributed by atoms with E-state index in [4.69, 9.17) is 4.74 Å². The molecule has 25 heavy (non-hydrogen) atoms. The number of carbonyl (C=O) groups excluding carboxylic acids is 1. The number of H-pyrrole nitrogens is 1. The van der Waals surface area contributed by atoms with Crippen molar-refractivity contribution in [2.45, 2.75) is 19.8 Å². The van der Waals surface area contributed by atoms with Gasteiger partial charge in [0.05, 0.1) is 24.1 Å². The molecule has 6 nitrogen and oxygen atoms in total. The molecule has 1 saturated heterocycles. The molecule has 0 radical (unpaired) electrons. The van der Waals surface area contributed by atoms with Crippen molar-refractivity contribution in [2.24, 2.45) is 5.41 Å². The number of aliphatic hydroxyl groups is 1. The average Bonchev–Trinajstić information content (AvgIpc) is 3.11. The summed E-state index contributed by atoms with van der Waals surface area (Å²) in [7, 11) is 1.78. The first-order chi connectivity index (χ1) is 12.0. The smallest absolute Gasteiger partial charge is 0.257 e. The number of aromatic amines is 1. The first kappa shape index (κ1) is 17.6. The van der Waals surface area contributed by atoms with Gasteiger partial charge in [0.1, 0.15) is 0 Å². The van der Waals surface area contributed by atoms with Gasteiger partial charge in [-0.2, -0.15) is 5.10 Å². The summed E-state index contributed by atoms with van der Waals surface area (Å²) in [5.41, 5.74) is 3.06. The zero-order valence-electron chi connectivity index (χ0n) is 14.8. The van der Waals surface area contributed by atoms with Crippen LogP contribution in [-0.4, -0.2) is 59.5 Å². The van der Waals surface area contributed by atoms with Gasteiger partial charge in [-0.1, -0.05) is 23.8 Å². The third-order valence-corrected chi connectivity index (χ3v) is 4.98. The van der Waals surface area contributed by atoms with Crippen LogP contribution in [0.2, 0.25) is 0 Å². The molecule has 1 aliphatic rings. The van der Waals surface area contributed by atoms with Crippen molar-refractivity contribution in [2.75, 3.05) is 33.4 Å². The number of amides is 1. The van der Waals surface area contributed by atoms with Crippen LogP contribution in [0.1, 0.15) is 28.8 Å². The normalized spacial score (nSPS) is 16.6. The van der Waals surface area contributed by atoms with Crippen LogP contribution in [0.4, 0.5) is 0 Å². The average molecular weight is 343 g/mol. The van der Waals surface area contributed by atoms with Crippen LogP contribution >= 0.6 is 0 Å². The van der Waals surface area contributed by atoms with Gasteiger partial charge in [0.25, 0.3) is 5.91 Å². The summed E-state index contributed by atoms with van der Waals surface area (Å²) in [5, 5.41) is 16.9. The molecular weight excluding hydrogens is 318 g/mol. The van der Waals surface area contributed by atoms with Gasteiger partial charge in [-0.05, 0) is 25.8 Å². The number of ether oxygens (including phenoxy) is 1. The Morgan fingerprint density at radius 3 is 2.84 bits per heavy atom. The van der Waals surface area contributed by atoms with Crippen molar-refractivity contribution in [3.63, 3.8) is 0 Å². The number of rotatable bonds is 5. The van der Waals surface area contributed by atoms with E-state index in [2.05, 4.69) is 10.2 Å². The molecule has 0 aliphatic carbocycles. The lowest BCUT2D eigenvalue weighted by molar-refractivity contribution is -0.0282. The second kappa shape index (κ2) is 7.37. The molecule has 2 N–H and O–H groups in total. The van der Waals surface area contributed by atoms with Crippen molar-refractivity contribution in [1.82, 2.24) is 15.1 Å². The quantitative estimate of drug-likeness (QED) is 0.873. The Morgan fingerprint density at radius 2 is 2.16 bits per heavy atom. The first-order valence-corrected chi connectivity index (χ1v) is 8.59. The Labute approximate surface area is 147 Å². The van der Waals surface area contributed by atoms with Gasteiger partial charge in [0.2, 0.25) is 0 Å². The van der Waals surface area contributed by atoms with E-state index in [1.807, 2.05) is 31.2 Å². The molecule has 6 heteroatoms. The second-order valence-electron chi connectivity index (χ2n) is 6.96. The highest BCUT2D eigenvalue weighted by molar-refractivity contribution is 5.99. The summed E-state index contributed by atoms with van der Waals surface area (Å²) in [6, 6.07) is 7.97. The predicted molar refractivity (Wildman–Crippen MR) is 95.3 cm³/mol. The Kier molecular flexibility index (Phi) is 5.20. The fourth-order valence-electron chi connectivity index (χ4n) is 3.42. The van der Waals surface area contributed by atoms with Crippen molar-refractivity contribution in [1.29, 1.82) is 0 Å². The molecule has 1 amide bonds. The number of aryl methyl sites for hydroxylation is 1. The summed E-state index contributed by atoms with van der Waals surface area (Å²) in [5.74, 6) is -0.0930. The summed E-state index contributed by atoms with van der Waals surface area (Å²) in [6.45, 7) is 3.84. The maximum absolute atomic E-state index is 13.0. The third-order valence-electron chi connectivity index (χ3n) is 4.98. The maximum atomic E-state index is 13.0. The zero-order chi connectivity index (χ0) is 17.9. The highest BCUT2D eigenvalue weighted by atomic mass is 16.5. The molecule has 1 aliphatic heterocycles. The number of hydrogen-bond acceptors (Lipinski definition) is 4. The molecule has 0 bridgehead atoms. The van der Waals surface area contributed by atoms with Gasteiger partial charge < -0.3 is 14.7 Å². The van der Waals surface area contributed by atoms with Crippen LogP contribution in [0, 0.1) is 12.3 Å². The van der Waals surface area contributed by atoms with Gasteiger partial charge in [0.15, 0.2) is 0 Å². The molecule has 2 aromatic rings. The SMILES string of the molecule is Cc1cccc(-c2[nH]ncc2C(=O)N(C)CC2(CO)CCOCC2)c1. The number of nitrogens with one attached hydrogen (secondary N) is 1. The third kappa shape index (κ3) is 3.75. The molecule has 1 fully saturated rings. The van der Waals surface area contributed by atoms with Crippen LogP contribution in [0.25, 0.3) is 11.3 Å². The summed E-state index contributed by atoms with van der Waals surface area (Å²) in [4.78, 5) is 14.7. The zero-order valence-corrected chi connectivity index (χ0v) is 14.8. The molecule has 1 aromatic carbocycles. The topological polar surface area (TPSA) is 78.5 Å². The minimum absolute atomic E-state index is 0.0596. The highest BCUT2D eigenvalue weighted by Gasteiger charge is 2.35. The molecule has 3 rings (SSSR count). The minimum Gasteiger partial charge on any atom is -0.396 e. The van der Waals surface area contributed by atoms with Crippen LogP contribution in [0.15, 0.2) is 30.5 Å². The van der Waals surface area contributed by atoms with E-state index in [9.17, 15) is 9.90 Å². The Balaban J connectivity index is 1.80. The molecule has 0 unspecified atom stereocenters. The maximum Gasteiger partial charge on any atom is 0.257 e. The van der Waals surface area contributed by atoms with Gasteiger partial charge in [-0.3, -0.25) is 9.89 Å². The van der Waals surface area contributed by atoms with E-state index >= 15 is 0 Å². The number of benzene rings is 1. The predicted octanol–water partition coefficient (Wildman–Crippen LogP) is 2.25. The van der Waals surface area contributed by atoms with Crippen molar-refractivity contribution in [3.8, 4) is 11.3 Å². The second-order valence-corrected chi connectivity index (χ2v) is 6.96. The molecule has 134 valence electrons. The van der Waals surface area contributed by atoms with E-state index < -0.39 is 0 Å². The van der Waals surface area contributed by atoms with E-state index in [1.54, 1.807) is 18.1 Å². The van der Waals surface area contributed by atoms with Gasteiger partial charge >= 0.3 is 0 Å². The molecule has 0 saturated carbocycles. The molecule has 2 heterocycles. The van der Waals surface area contributed by atoms with E-state index in [-0.39, 0.29) is 17.9 Å². The first-order valence-electron chi connectivity index (χ1n) is 8.59. The Bertz CT molecular complexity index is 735. The number of hydrogen-bond donors (Lipinski definition) is 2. The van der Waals surface area contributed by atoms with Crippen molar-refractivity contribution in [3.05, 3.63) is 41.6 Å². The summed E-state index contributed by atoms with van der Waals surface area (Å²) < 4.78 is 5.40. The lowest BCUT2D eigenvalue weighted by Crippen LogP contribution is -2.44. The Morgan fingerprint density at radius 1 is 1.40 bits per heavy atom. The van der Waals surface area contributed by atoms with Crippen LogP contribution in [0.3, 0.4) is 0 Å². The fourth-order valence-corrected chi connectivity index (χ4v) is 3.42. The molecular formula is C19H25N3O3. The van der Waals surface area contributed by atoms with Crippen molar-refractivity contribution < 1.29 is 14.6 Å². The van der Waals surface area contributed by atoms with Gasteiger partial charge in [0, 0.05) is 37.8 Å². The van der Waals surface area contributed by atoms with E-state index in [0.717, 1.165) is 29.7 Å². The number of aliphatic hydroxyl groups excluding tert-OH is 1. The van der Waals surface area contributed by atoms with Gasteiger partial charge in [-0.15, -0.1) is 0 Å². The number of carbonyl (C=O) groups is 1. The lowest BCUT2D eigenvalue weighted by Gasteiger charge is -2.38. The molecule has 1 aromatic heterocycles. The standard InChI is InChI=1S/C19H25N3O3/c1-14-4-3-5-15(10-14)17-16(11-20-21-17)18(24)22(2)12-19(13-23)6-8-25-9-7-19/h3-5,10-11,23H,6-9,12-13H2,1-2H3,(H,20,21). The van der Waals surface area contributed by atoms with E-state index in [1.165, 1.54) is 0 Å². The largest absolute Gasteiger partial charge is 0.396 e. The van der Waals surface area contributed by atoms with Crippen LogP contribution < -0.4 is 0 Å². The van der Waals surface area contributed by atoms with Crippen LogP contribution in [-0.2, 0) is 4.74 Å². The molecule has 0 atom stereocenters. The number of nitrogens with zero attached hydrogens (tertiary/aromatic N) is 2. The van der Waals surface area contributed by atoms with Crippen LogP contribution in [0.5, 0.6) is 0 Å². The monoisotopic (exact) mass is 343 g/mol.